The molecule has 0 aromatic carbocycles. The van der Waals surface area contributed by atoms with Gasteiger partial charge in [0.15, 0.2) is 0 Å². The number of hydrogen-bond donors (Lipinski definition) is 1. The van der Waals surface area contributed by atoms with E-state index in [1.165, 1.54) is 12.8 Å². The zero-order valence-electron chi connectivity index (χ0n) is 12.0. The van der Waals surface area contributed by atoms with Crippen molar-refractivity contribution in [1.82, 2.24) is 10.3 Å². The van der Waals surface area contributed by atoms with Gasteiger partial charge in [0, 0.05) is 19.3 Å². The second-order valence-electron chi connectivity index (χ2n) is 5.45. The van der Waals surface area contributed by atoms with Crippen LogP contribution < -0.4 is 10.2 Å². The van der Waals surface area contributed by atoms with Crippen LogP contribution in [0.2, 0.25) is 0 Å². The van der Waals surface area contributed by atoms with Crippen LogP contribution in [0.15, 0.2) is 6.07 Å². The molecule has 0 radical (unpaired) electrons. The fraction of sp³-hybridized carbons (Fsp3) is 0.600. The fourth-order valence-corrected chi connectivity index (χ4v) is 2.81. The molecule has 2 rings (SSSR count). The SMILES string of the molecule is Cc1cc(N(C)CC2CCCNC2)c(C#N)c(C)n1. The first-order valence-electron chi connectivity index (χ1n) is 6.92. The summed E-state index contributed by atoms with van der Waals surface area (Å²) in [6.45, 7) is 7.09. The van der Waals surface area contributed by atoms with Gasteiger partial charge in [-0.25, -0.2) is 0 Å². The molecular formula is C15H22N4. The molecule has 1 aromatic rings. The van der Waals surface area contributed by atoms with E-state index >= 15 is 0 Å². The molecule has 0 bridgehead atoms. The maximum atomic E-state index is 9.32. The van der Waals surface area contributed by atoms with Crippen molar-refractivity contribution in [3.63, 3.8) is 0 Å². The summed E-state index contributed by atoms with van der Waals surface area (Å²) in [7, 11) is 2.07. The predicted molar refractivity (Wildman–Crippen MR) is 77.3 cm³/mol. The molecule has 19 heavy (non-hydrogen) atoms. The summed E-state index contributed by atoms with van der Waals surface area (Å²) in [5.74, 6) is 0.666. The summed E-state index contributed by atoms with van der Waals surface area (Å²) >= 11 is 0. The molecule has 1 aromatic heterocycles. The first-order valence-corrected chi connectivity index (χ1v) is 6.92. The highest BCUT2D eigenvalue weighted by molar-refractivity contribution is 5.61. The lowest BCUT2D eigenvalue weighted by Gasteiger charge is -2.29. The normalized spacial score (nSPS) is 18.9. The Morgan fingerprint density at radius 2 is 2.32 bits per heavy atom. The lowest BCUT2D eigenvalue weighted by Crippen LogP contribution is -2.37. The van der Waals surface area contributed by atoms with Crippen molar-refractivity contribution in [2.45, 2.75) is 26.7 Å². The van der Waals surface area contributed by atoms with E-state index in [1.54, 1.807) is 0 Å². The van der Waals surface area contributed by atoms with Crippen molar-refractivity contribution >= 4 is 5.69 Å². The number of nitriles is 1. The maximum Gasteiger partial charge on any atom is 0.103 e. The topological polar surface area (TPSA) is 52.0 Å². The monoisotopic (exact) mass is 258 g/mol. The summed E-state index contributed by atoms with van der Waals surface area (Å²) in [5.41, 5.74) is 3.51. The van der Waals surface area contributed by atoms with Crippen molar-refractivity contribution < 1.29 is 0 Å². The fourth-order valence-electron chi connectivity index (χ4n) is 2.81. The zero-order chi connectivity index (χ0) is 13.8. The van der Waals surface area contributed by atoms with E-state index in [0.29, 0.717) is 11.5 Å². The molecule has 0 spiro atoms. The van der Waals surface area contributed by atoms with Crippen LogP contribution >= 0.6 is 0 Å². The van der Waals surface area contributed by atoms with E-state index in [0.717, 1.165) is 36.7 Å². The van der Waals surface area contributed by atoms with E-state index in [2.05, 4.69) is 28.3 Å². The number of nitrogens with one attached hydrogen (secondary N) is 1. The predicted octanol–water partition coefficient (Wildman–Crippen LogP) is 2.01. The van der Waals surface area contributed by atoms with Crippen molar-refractivity contribution in [2.75, 3.05) is 31.6 Å². The molecule has 0 saturated carbocycles. The Kier molecular flexibility index (Phi) is 4.39. The molecule has 0 amide bonds. The molecule has 2 heterocycles. The van der Waals surface area contributed by atoms with Crippen LogP contribution in [0.3, 0.4) is 0 Å². The largest absolute Gasteiger partial charge is 0.373 e. The molecule has 4 nitrogen and oxygen atoms in total. The Morgan fingerprint density at radius 1 is 1.53 bits per heavy atom. The average Bonchev–Trinajstić information content (AvgIpc) is 2.39. The van der Waals surface area contributed by atoms with Crippen LogP contribution in [0.5, 0.6) is 0 Å². The van der Waals surface area contributed by atoms with E-state index in [1.807, 2.05) is 19.9 Å². The zero-order valence-corrected chi connectivity index (χ0v) is 12.0. The number of pyridine rings is 1. The Hall–Kier alpha value is -1.60. The Bertz CT molecular complexity index is 484. The van der Waals surface area contributed by atoms with Gasteiger partial charge in [-0.2, -0.15) is 5.26 Å². The first-order chi connectivity index (χ1) is 9.11. The molecule has 1 saturated heterocycles. The third-order valence-electron chi connectivity index (χ3n) is 3.76. The van der Waals surface area contributed by atoms with E-state index < -0.39 is 0 Å². The van der Waals surface area contributed by atoms with Crippen LogP contribution in [-0.2, 0) is 0 Å². The van der Waals surface area contributed by atoms with Gasteiger partial charge in [0.25, 0.3) is 0 Å². The first kappa shape index (κ1) is 13.8. The smallest absolute Gasteiger partial charge is 0.103 e. The number of piperidine rings is 1. The summed E-state index contributed by atoms with van der Waals surface area (Å²) in [5, 5.41) is 12.8. The second-order valence-corrected chi connectivity index (χ2v) is 5.45. The molecule has 0 aliphatic carbocycles. The number of aryl methyl sites for hydroxylation is 2. The molecule has 102 valence electrons. The highest BCUT2D eigenvalue weighted by Crippen LogP contribution is 2.24. The number of rotatable bonds is 3. The van der Waals surface area contributed by atoms with Gasteiger partial charge in [-0.3, -0.25) is 4.98 Å². The molecule has 1 fully saturated rings. The number of nitrogens with zero attached hydrogens (tertiary/aromatic N) is 3. The van der Waals surface area contributed by atoms with Crippen LogP contribution in [-0.4, -0.2) is 31.7 Å². The summed E-state index contributed by atoms with van der Waals surface area (Å²) in [4.78, 5) is 6.58. The summed E-state index contributed by atoms with van der Waals surface area (Å²) < 4.78 is 0. The minimum atomic E-state index is 0.666. The van der Waals surface area contributed by atoms with Crippen molar-refractivity contribution in [1.29, 1.82) is 5.26 Å². The molecular weight excluding hydrogens is 236 g/mol. The van der Waals surface area contributed by atoms with Gasteiger partial charge in [-0.15, -0.1) is 0 Å². The highest BCUT2D eigenvalue weighted by Gasteiger charge is 2.18. The summed E-state index contributed by atoms with van der Waals surface area (Å²) in [6.07, 6.45) is 2.51. The Morgan fingerprint density at radius 3 is 2.95 bits per heavy atom. The molecule has 4 heteroatoms. The van der Waals surface area contributed by atoms with Crippen LogP contribution in [0, 0.1) is 31.1 Å². The van der Waals surface area contributed by atoms with Gasteiger partial charge in [-0.1, -0.05) is 0 Å². The standard InChI is InChI=1S/C15H22N4/c1-11-7-15(14(8-16)12(2)18-11)19(3)10-13-5-4-6-17-9-13/h7,13,17H,4-6,9-10H2,1-3H3. The van der Waals surface area contributed by atoms with Gasteiger partial charge in [0.1, 0.15) is 6.07 Å². The van der Waals surface area contributed by atoms with Crippen LogP contribution in [0.4, 0.5) is 5.69 Å². The van der Waals surface area contributed by atoms with Gasteiger partial charge >= 0.3 is 0 Å². The molecule has 1 unspecified atom stereocenters. The number of aromatic nitrogens is 1. The Labute approximate surface area is 115 Å². The van der Waals surface area contributed by atoms with Gasteiger partial charge in [0.05, 0.1) is 16.9 Å². The van der Waals surface area contributed by atoms with Crippen molar-refractivity contribution in [2.24, 2.45) is 5.92 Å². The molecule has 1 N–H and O–H groups in total. The number of hydrogen-bond acceptors (Lipinski definition) is 4. The maximum absolute atomic E-state index is 9.32. The minimum absolute atomic E-state index is 0.666. The van der Waals surface area contributed by atoms with Gasteiger partial charge in [-0.05, 0) is 51.8 Å². The lowest BCUT2D eigenvalue weighted by molar-refractivity contribution is 0.381. The molecule has 1 aliphatic heterocycles. The minimum Gasteiger partial charge on any atom is -0.373 e. The van der Waals surface area contributed by atoms with E-state index in [4.69, 9.17) is 0 Å². The summed E-state index contributed by atoms with van der Waals surface area (Å²) in [6, 6.07) is 4.31. The van der Waals surface area contributed by atoms with Crippen LogP contribution in [0.25, 0.3) is 0 Å². The molecule has 1 atom stereocenters. The second kappa shape index (κ2) is 6.03. The van der Waals surface area contributed by atoms with Crippen molar-refractivity contribution in [3.05, 3.63) is 23.0 Å². The van der Waals surface area contributed by atoms with Gasteiger partial charge < -0.3 is 10.2 Å². The van der Waals surface area contributed by atoms with Gasteiger partial charge in [0.2, 0.25) is 0 Å². The van der Waals surface area contributed by atoms with Crippen LogP contribution in [0.1, 0.15) is 29.8 Å². The van der Waals surface area contributed by atoms with Crippen molar-refractivity contribution in [3.8, 4) is 6.07 Å². The lowest BCUT2D eigenvalue weighted by atomic mass is 9.98. The number of anilines is 1. The quantitative estimate of drug-likeness (QED) is 0.901. The average molecular weight is 258 g/mol. The third-order valence-corrected chi connectivity index (χ3v) is 3.76. The highest BCUT2D eigenvalue weighted by atomic mass is 15.1. The van der Waals surface area contributed by atoms with E-state index in [9.17, 15) is 5.26 Å². The molecule has 1 aliphatic rings. The van der Waals surface area contributed by atoms with E-state index in [-0.39, 0.29) is 0 Å². The third kappa shape index (κ3) is 3.24. The Balaban J connectivity index is 2.18.